The van der Waals surface area contributed by atoms with Crippen molar-refractivity contribution in [2.45, 2.75) is 18.6 Å². The smallest absolute Gasteiger partial charge is 0.253 e. The number of para-hydroxylation sites is 1. The molecule has 1 amide bonds. The van der Waals surface area contributed by atoms with Crippen LogP contribution in [0.3, 0.4) is 0 Å². The van der Waals surface area contributed by atoms with E-state index in [2.05, 4.69) is 20.6 Å². The average molecular weight is 311 g/mol. The number of amides is 1. The summed E-state index contributed by atoms with van der Waals surface area (Å²) in [6.45, 7) is 0.624. The molecular weight excluding hydrogens is 294 g/mol. The Labute approximate surface area is 132 Å². The van der Waals surface area contributed by atoms with Crippen LogP contribution in [-0.2, 0) is 11.8 Å². The van der Waals surface area contributed by atoms with Crippen LogP contribution in [0.2, 0.25) is 0 Å². The molecule has 7 nitrogen and oxygen atoms in total. The maximum absolute atomic E-state index is 12.7. The lowest BCUT2D eigenvalue weighted by Gasteiger charge is -2.19. The maximum atomic E-state index is 12.7. The Kier molecular flexibility index (Phi) is 3.34. The Morgan fingerprint density at radius 2 is 2.35 bits per heavy atom. The van der Waals surface area contributed by atoms with Crippen molar-refractivity contribution in [2.24, 2.45) is 7.05 Å². The number of aryl methyl sites for hydroxylation is 1. The Bertz CT molecular complexity index is 853. The summed E-state index contributed by atoms with van der Waals surface area (Å²) in [6, 6.07) is 5.51. The molecule has 1 aliphatic rings. The molecule has 2 aromatic heterocycles. The van der Waals surface area contributed by atoms with Gasteiger partial charge in [-0.25, -0.2) is 0 Å². The molecule has 23 heavy (non-hydrogen) atoms. The summed E-state index contributed by atoms with van der Waals surface area (Å²) in [5, 5.41) is 15.1. The van der Waals surface area contributed by atoms with Crippen LogP contribution in [0.5, 0.6) is 0 Å². The van der Waals surface area contributed by atoms with E-state index in [4.69, 9.17) is 4.74 Å². The molecule has 118 valence electrons. The third-order valence-electron chi connectivity index (χ3n) is 4.18. The molecule has 2 N–H and O–H groups in total. The molecular formula is C16H17N5O2. The lowest BCUT2D eigenvalue weighted by Crippen LogP contribution is -2.36. The standard InChI is InChI=1S/C16H17N5O2/c1-21-9-11(8-18-21)15-13(5-6-23-15)19-16(22)12-4-2-3-10-7-17-20-14(10)12/h2-4,7-9,13,15H,5-6H2,1H3,(H,17,20)(H,19,22)/t13-,15+/m0/s1. The molecule has 1 saturated heterocycles. The van der Waals surface area contributed by atoms with E-state index in [9.17, 15) is 4.79 Å². The van der Waals surface area contributed by atoms with Crippen molar-refractivity contribution in [3.8, 4) is 0 Å². The van der Waals surface area contributed by atoms with Crippen molar-refractivity contribution in [1.29, 1.82) is 0 Å². The molecule has 1 aromatic carbocycles. The van der Waals surface area contributed by atoms with Gasteiger partial charge in [-0.05, 0) is 12.5 Å². The monoisotopic (exact) mass is 311 g/mol. The van der Waals surface area contributed by atoms with Crippen molar-refractivity contribution in [3.63, 3.8) is 0 Å². The van der Waals surface area contributed by atoms with Crippen molar-refractivity contribution < 1.29 is 9.53 Å². The number of hydrogen-bond donors (Lipinski definition) is 2. The number of aromatic amines is 1. The number of hydrogen-bond acceptors (Lipinski definition) is 4. The highest BCUT2D eigenvalue weighted by atomic mass is 16.5. The highest BCUT2D eigenvalue weighted by molar-refractivity contribution is 6.05. The van der Waals surface area contributed by atoms with E-state index in [0.717, 1.165) is 22.9 Å². The number of nitrogens with zero attached hydrogens (tertiary/aromatic N) is 3. The summed E-state index contributed by atoms with van der Waals surface area (Å²) in [5.41, 5.74) is 2.33. The van der Waals surface area contributed by atoms with E-state index in [0.29, 0.717) is 12.2 Å². The predicted molar refractivity (Wildman–Crippen MR) is 83.9 cm³/mol. The number of carbonyl (C=O) groups excluding carboxylic acids is 1. The largest absolute Gasteiger partial charge is 0.371 e. The fourth-order valence-electron chi connectivity index (χ4n) is 3.06. The molecule has 0 radical (unpaired) electrons. The normalized spacial score (nSPS) is 20.9. The van der Waals surface area contributed by atoms with E-state index >= 15 is 0 Å². The molecule has 3 heterocycles. The average Bonchev–Trinajstić information content (AvgIpc) is 3.26. The summed E-state index contributed by atoms with van der Waals surface area (Å²) in [6.07, 6.45) is 6.04. The minimum atomic E-state index is -0.159. The maximum Gasteiger partial charge on any atom is 0.253 e. The van der Waals surface area contributed by atoms with Gasteiger partial charge < -0.3 is 10.1 Å². The van der Waals surface area contributed by atoms with Gasteiger partial charge in [-0.3, -0.25) is 14.6 Å². The number of ether oxygens (including phenoxy) is 1. The topological polar surface area (TPSA) is 84.8 Å². The van der Waals surface area contributed by atoms with Crippen LogP contribution in [0.25, 0.3) is 10.9 Å². The summed E-state index contributed by atoms with van der Waals surface area (Å²) in [5.74, 6) is -0.121. The summed E-state index contributed by atoms with van der Waals surface area (Å²) in [7, 11) is 1.87. The van der Waals surface area contributed by atoms with Crippen LogP contribution in [-0.4, -0.2) is 38.5 Å². The molecule has 0 spiro atoms. The van der Waals surface area contributed by atoms with Gasteiger partial charge in [0, 0.05) is 30.8 Å². The number of rotatable bonds is 3. The van der Waals surface area contributed by atoms with Crippen molar-refractivity contribution in [3.05, 3.63) is 47.9 Å². The third kappa shape index (κ3) is 2.49. The zero-order chi connectivity index (χ0) is 15.8. The van der Waals surface area contributed by atoms with Gasteiger partial charge in [-0.1, -0.05) is 12.1 Å². The van der Waals surface area contributed by atoms with E-state index in [1.54, 1.807) is 23.1 Å². The van der Waals surface area contributed by atoms with Crippen LogP contribution < -0.4 is 5.32 Å². The van der Waals surface area contributed by atoms with Gasteiger partial charge in [-0.15, -0.1) is 0 Å². The van der Waals surface area contributed by atoms with Gasteiger partial charge in [-0.2, -0.15) is 10.2 Å². The third-order valence-corrected chi connectivity index (χ3v) is 4.18. The molecule has 1 fully saturated rings. The number of aromatic nitrogens is 4. The van der Waals surface area contributed by atoms with Gasteiger partial charge in [0.25, 0.3) is 5.91 Å². The number of benzene rings is 1. The number of H-pyrrole nitrogens is 1. The van der Waals surface area contributed by atoms with Crippen LogP contribution in [0, 0.1) is 0 Å². The lowest BCUT2D eigenvalue weighted by atomic mass is 10.0. The summed E-state index contributed by atoms with van der Waals surface area (Å²) < 4.78 is 7.52. The Morgan fingerprint density at radius 3 is 3.17 bits per heavy atom. The molecule has 0 bridgehead atoms. The summed E-state index contributed by atoms with van der Waals surface area (Å²) >= 11 is 0. The molecule has 3 aromatic rings. The fraction of sp³-hybridized carbons (Fsp3) is 0.312. The lowest BCUT2D eigenvalue weighted by molar-refractivity contribution is 0.0822. The molecule has 0 saturated carbocycles. The predicted octanol–water partition coefficient (Wildman–Crippen LogP) is 1.56. The fourth-order valence-corrected chi connectivity index (χ4v) is 3.06. The molecule has 4 rings (SSSR count). The molecule has 2 atom stereocenters. The van der Waals surface area contributed by atoms with E-state index in [-0.39, 0.29) is 18.1 Å². The second-order valence-corrected chi connectivity index (χ2v) is 5.75. The molecule has 7 heteroatoms. The van der Waals surface area contributed by atoms with Gasteiger partial charge in [0.15, 0.2) is 0 Å². The zero-order valence-electron chi connectivity index (χ0n) is 12.7. The molecule has 0 unspecified atom stereocenters. The summed E-state index contributed by atoms with van der Waals surface area (Å²) in [4.78, 5) is 12.7. The van der Waals surface area contributed by atoms with Crippen molar-refractivity contribution in [1.82, 2.24) is 25.3 Å². The van der Waals surface area contributed by atoms with Crippen molar-refractivity contribution >= 4 is 16.8 Å². The minimum absolute atomic E-state index is 0.0649. The Hall–Kier alpha value is -2.67. The van der Waals surface area contributed by atoms with Crippen LogP contribution in [0.4, 0.5) is 0 Å². The van der Waals surface area contributed by atoms with Gasteiger partial charge in [0.05, 0.1) is 29.5 Å². The highest BCUT2D eigenvalue weighted by Gasteiger charge is 2.32. The van der Waals surface area contributed by atoms with E-state index in [1.807, 2.05) is 25.4 Å². The first-order valence-electron chi connectivity index (χ1n) is 7.55. The van der Waals surface area contributed by atoms with Crippen molar-refractivity contribution in [2.75, 3.05) is 6.61 Å². The van der Waals surface area contributed by atoms with Crippen LogP contribution in [0.15, 0.2) is 36.8 Å². The van der Waals surface area contributed by atoms with Gasteiger partial charge in [0.2, 0.25) is 0 Å². The van der Waals surface area contributed by atoms with Gasteiger partial charge in [0.1, 0.15) is 6.10 Å². The number of carbonyl (C=O) groups is 1. The van der Waals surface area contributed by atoms with E-state index in [1.165, 1.54) is 0 Å². The first-order valence-corrected chi connectivity index (χ1v) is 7.55. The Balaban J connectivity index is 1.57. The zero-order valence-corrected chi connectivity index (χ0v) is 12.7. The van der Waals surface area contributed by atoms with E-state index < -0.39 is 0 Å². The quantitative estimate of drug-likeness (QED) is 0.768. The minimum Gasteiger partial charge on any atom is -0.371 e. The number of fused-ring (bicyclic) bond motifs is 1. The molecule has 0 aliphatic carbocycles. The first-order chi connectivity index (χ1) is 11.2. The second-order valence-electron chi connectivity index (χ2n) is 5.75. The SMILES string of the molecule is Cn1cc([C@H]2OCC[C@@H]2NC(=O)c2cccc3cn[nH]c23)cn1. The first kappa shape index (κ1) is 14.0. The second kappa shape index (κ2) is 5.51. The van der Waals surface area contributed by atoms with Crippen LogP contribution >= 0.6 is 0 Å². The Morgan fingerprint density at radius 1 is 1.43 bits per heavy atom. The highest BCUT2D eigenvalue weighted by Crippen LogP contribution is 2.29. The van der Waals surface area contributed by atoms with Gasteiger partial charge >= 0.3 is 0 Å². The van der Waals surface area contributed by atoms with Crippen LogP contribution in [0.1, 0.15) is 28.4 Å². The molecule has 1 aliphatic heterocycles. The number of nitrogens with one attached hydrogen (secondary N) is 2.